The normalized spacial score (nSPS) is 12.5. The lowest BCUT2D eigenvalue weighted by molar-refractivity contribution is -0.137. The van der Waals surface area contributed by atoms with Gasteiger partial charge in [0.25, 0.3) is 0 Å². The third kappa shape index (κ3) is 5.21. The van der Waals surface area contributed by atoms with Gasteiger partial charge in [-0.25, -0.2) is 0 Å². The molecule has 0 aromatic rings. The van der Waals surface area contributed by atoms with Crippen molar-refractivity contribution >= 4 is 5.97 Å². The van der Waals surface area contributed by atoms with Crippen LogP contribution in [0.1, 0.15) is 26.2 Å². The minimum Gasteiger partial charge on any atom is -0.481 e. The molecule has 13 heavy (non-hydrogen) atoms. The summed E-state index contributed by atoms with van der Waals surface area (Å²) in [4.78, 5) is 12.1. The Kier molecular flexibility index (Phi) is 5.90. The Morgan fingerprint density at radius 2 is 2.31 bits per heavy atom. The van der Waals surface area contributed by atoms with Crippen LogP contribution >= 0.6 is 0 Å². The number of hydrogen-bond acceptors (Lipinski definition) is 3. The predicted octanol–water partition coefficient (Wildman–Crippen LogP) is 1.09. The molecule has 0 saturated carbocycles. The van der Waals surface area contributed by atoms with Gasteiger partial charge in [0.05, 0.1) is 12.1 Å². The maximum atomic E-state index is 10.2. The van der Waals surface area contributed by atoms with Gasteiger partial charge in [0.2, 0.25) is 0 Å². The highest BCUT2D eigenvalue weighted by molar-refractivity contribution is 5.66. The number of nitrogens with zero attached hydrogens (tertiary/aromatic N) is 2. The Labute approximate surface area is 78.8 Å². The molecule has 0 aliphatic heterocycles. The van der Waals surface area contributed by atoms with Crippen molar-refractivity contribution in [3.63, 3.8) is 0 Å². The van der Waals surface area contributed by atoms with Crippen molar-refractivity contribution in [1.29, 1.82) is 5.26 Å². The van der Waals surface area contributed by atoms with E-state index in [9.17, 15) is 4.79 Å². The van der Waals surface area contributed by atoms with Gasteiger partial charge in [-0.1, -0.05) is 6.92 Å². The second-order valence-electron chi connectivity index (χ2n) is 3.03. The second-order valence-corrected chi connectivity index (χ2v) is 3.03. The summed E-state index contributed by atoms with van der Waals surface area (Å²) >= 11 is 0. The molecule has 0 spiro atoms. The molecule has 1 unspecified atom stereocenters. The summed E-state index contributed by atoms with van der Waals surface area (Å²) < 4.78 is 0. The first-order valence-electron chi connectivity index (χ1n) is 4.43. The van der Waals surface area contributed by atoms with Gasteiger partial charge >= 0.3 is 5.97 Å². The van der Waals surface area contributed by atoms with Gasteiger partial charge in [0.15, 0.2) is 0 Å². The van der Waals surface area contributed by atoms with Crippen molar-refractivity contribution in [1.82, 2.24) is 4.90 Å². The van der Waals surface area contributed by atoms with Crippen LogP contribution in [0.2, 0.25) is 0 Å². The van der Waals surface area contributed by atoms with Gasteiger partial charge in [-0.15, -0.1) is 0 Å². The fraction of sp³-hybridized carbons (Fsp3) is 0.778. The van der Waals surface area contributed by atoms with E-state index in [0.717, 1.165) is 6.42 Å². The third-order valence-electron chi connectivity index (χ3n) is 1.97. The average molecular weight is 184 g/mol. The van der Waals surface area contributed by atoms with Gasteiger partial charge in [-0.05, 0) is 26.4 Å². The summed E-state index contributed by atoms with van der Waals surface area (Å²) in [5.74, 6) is -0.779. The van der Waals surface area contributed by atoms with Gasteiger partial charge in [-0.2, -0.15) is 5.26 Å². The van der Waals surface area contributed by atoms with E-state index in [4.69, 9.17) is 10.4 Å². The number of aliphatic carboxylic acids is 1. The van der Waals surface area contributed by atoms with E-state index in [-0.39, 0.29) is 12.5 Å². The van der Waals surface area contributed by atoms with E-state index >= 15 is 0 Å². The maximum Gasteiger partial charge on any atom is 0.303 e. The summed E-state index contributed by atoms with van der Waals surface area (Å²) in [7, 11) is 1.85. The van der Waals surface area contributed by atoms with Crippen molar-refractivity contribution in [3.05, 3.63) is 0 Å². The standard InChI is InChI=1S/C9H16N2O2/c1-3-8(7-10)11(2)6-4-5-9(12)13/h8H,3-6H2,1-2H3,(H,12,13). The molecule has 74 valence electrons. The zero-order chi connectivity index (χ0) is 10.3. The molecule has 0 bridgehead atoms. The van der Waals surface area contributed by atoms with Crippen LogP contribution in [0.3, 0.4) is 0 Å². The number of carbonyl (C=O) groups is 1. The molecular formula is C9H16N2O2. The van der Waals surface area contributed by atoms with Crippen molar-refractivity contribution in [3.8, 4) is 6.07 Å². The fourth-order valence-electron chi connectivity index (χ4n) is 1.14. The number of carboxylic acid groups (broad SMARTS) is 1. The largest absolute Gasteiger partial charge is 0.481 e. The number of nitriles is 1. The Hall–Kier alpha value is -1.08. The Morgan fingerprint density at radius 1 is 1.69 bits per heavy atom. The van der Waals surface area contributed by atoms with Crippen LogP contribution in [0.4, 0.5) is 0 Å². The van der Waals surface area contributed by atoms with E-state index in [0.29, 0.717) is 13.0 Å². The molecule has 0 aromatic carbocycles. The monoisotopic (exact) mass is 184 g/mol. The van der Waals surface area contributed by atoms with Crippen LogP contribution in [0, 0.1) is 11.3 Å². The van der Waals surface area contributed by atoms with Crippen molar-refractivity contribution < 1.29 is 9.90 Å². The van der Waals surface area contributed by atoms with E-state index in [1.54, 1.807) is 0 Å². The molecule has 0 saturated heterocycles. The topological polar surface area (TPSA) is 64.3 Å². The minimum atomic E-state index is -0.779. The van der Waals surface area contributed by atoms with Crippen LogP contribution in [-0.4, -0.2) is 35.6 Å². The molecule has 0 heterocycles. The highest BCUT2D eigenvalue weighted by Crippen LogP contribution is 2.02. The first-order chi connectivity index (χ1) is 6.11. The van der Waals surface area contributed by atoms with E-state index in [2.05, 4.69) is 6.07 Å². The van der Waals surface area contributed by atoms with Crippen molar-refractivity contribution in [2.75, 3.05) is 13.6 Å². The minimum absolute atomic E-state index is 0.0891. The Morgan fingerprint density at radius 3 is 2.69 bits per heavy atom. The summed E-state index contributed by atoms with van der Waals surface area (Å²) in [5.41, 5.74) is 0. The lowest BCUT2D eigenvalue weighted by Crippen LogP contribution is -2.30. The summed E-state index contributed by atoms with van der Waals surface area (Å²) in [6.07, 6.45) is 1.55. The molecule has 0 amide bonds. The number of rotatable bonds is 6. The van der Waals surface area contributed by atoms with Crippen LogP contribution in [0.25, 0.3) is 0 Å². The van der Waals surface area contributed by atoms with Crippen LogP contribution in [-0.2, 0) is 4.79 Å². The van der Waals surface area contributed by atoms with Gasteiger partial charge in [-0.3, -0.25) is 9.69 Å². The second kappa shape index (κ2) is 6.44. The average Bonchev–Trinajstić information content (AvgIpc) is 2.05. The number of carboxylic acids is 1. The maximum absolute atomic E-state index is 10.2. The zero-order valence-electron chi connectivity index (χ0n) is 8.16. The van der Waals surface area contributed by atoms with E-state index < -0.39 is 5.97 Å². The van der Waals surface area contributed by atoms with Crippen LogP contribution in [0.15, 0.2) is 0 Å². The lowest BCUT2D eigenvalue weighted by Gasteiger charge is -2.20. The van der Waals surface area contributed by atoms with Gasteiger partial charge in [0, 0.05) is 6.42 Å². The highest BCUT2D eigenvalue weighted by Gasteiger charge is 2.10. The summed E-state index contributed by atoms with van der Waals surface area (Å²) in [6.45, 7) is 2.61. The molecule has 0 aliphatic carbocycles. The quantitative estimate of drug-likeness (QED) is 0.671. The molecule has 1 N–H and O–H groups in total. The lowest BCUT2D eigenvalue weighted by atomic mass is 10.2. The first kappa shape index (κ1) is 11.9. The summed E-state index contributed by atoms with van der Waals surface area (Å²) in [6, 6.07) is 2.08. The smallest absolute Gasteiger partial charge is 0.303 e. The number of hydrogen-bond donors (Lipinski definition) is 1. The SMILES string of the molecule is CCC(C#N)N(C)CCCC(=O)O. The zero-order valence-corrected chi connectivity index (χ0v) is 8.16. The molecule has 4 heteroatoms. The fourth-order valence-corrected chi connectivity index (χ4v) is 1.14. The van der Waals surface area contributed by atoms with Gasteiger partial charge < -0.3 is 5.11 Å². The van der Waals surface area contributed by atoms with Crippen molar-refractivity contribution in [2.24, 2.45) is 0 Å². The molecule has 4 nitrogen and oxygen atoms in total. The van der Waals surface area contributed by atoms with Crippen LogP contribution in [0.5, 0.6) is 0 Å². The molecule has 0 aliphatic rings. The molecule has 0 rings (SSSR count). The first-order valence-corrected chi connectivity index (χ1v) is 4.43. The Balaban J connectivity index is 3.67. The molecule has 1 atom stereocenters. The van der Waals surface area contributed by atoms with E-state index in [1.807, 2.05) is 18.9 Å². The van der Waals surface area contributed by atoms with E-state index in [1.165, 1.54) is 0 Å². The highest BCUT2D eigenvalue weighted by atomic mass is 16.4. The van der Waals surface area contributed by atoms with Crippen LogP contribution < -0.4 is 0 Å². The Bertz CT molecular complexity index is 198. The molecular weight excluding hydrogens is 168 g/mol. The molecule has 0 radical (unpaired) electrons. The predicted molar refractivity (Wildman–Crippen MR) is 49.2 cm³/mol. The molecule has 0 fully saturated rings. The molecule has 0 aromatic heterocycles. The summed E-state index contributed by atoms with van der Waals surface area (Å²) in [5, 5.41) is 17.1. The third-order valence-corrected chi connectivity index (χ3v) is 1.97. The van der Waals surface area contributed by atoms with Crippen molar-refractivity contribution in [2.45, 2.75) is 32.2 Å². The van der Waals surface area contributed by atoms with Gasteiger partial charge in [0.1, 0.15) is 0 Å².